The molecule has 6 heteroatoms. The number of nitrogens with zero attached hydrogens (tertiary/aromatic N) is 1. The van der Waals surface area contributed by atoms with Gasteiger partial charge in [0.05, 0.1) is 16.9 Å². The molecule has 2 rings (SSSR count). The first-order chi connectivity index (χ1) is 9.92. The number of anilines is 1. The van der Waals surface area contributed by atoms with Crippen LogP contribution in [-0.2, 0) is 0 Å². The van der Waals surface area contributed by atoms with Crippen LogP contribution in [0.5, 0.6) is 11.5 Å². The summed E-state index contributed by atoms with van der Waals surface area (Å²) in [6.07, 6.45) is 0.110. The lowest BCUT2D eigenvalue weighted by molar-refractivity contribution is 0.231. The van der Waals surface area contributed by atoms with Gasteiger partial charge in [-0.15, -0.1) is 0 Å². The van der Waals surface area contributed by atoms with Gasteiger partial charge in [0.2, 0.25) is 0 Å². The Hall–Kier alpha value is -1.20. The molecule has 2 aromatic rings. The standard InChI is InChI=1S/C15H21ClN2O2S/c1-6-17-15-18-13-11(20-9(4)5)7-10(19-8(2)3)12(16)14(13)21-15/h7-9H,6H2,1-5H3,(H,17,18). The minimum absolute atomic E-state index is 0.0491. The van der Waals surface area contributed by atoms with E-state index in [4.69, 9.17) is 21.1 Å². The number of hydrogen-bond donors (Lipinski definition) is 1. The van der Waals surface area contributed by atoms with Gasteiger partial charge in [-0.05, 0) is 34.6 Å². The normalized spacial score (nSPS) is 11.4. The molecule has 116 valence electrons. The quantitative estimate of drug-likeness (QED) is 0.814. The Kier molecular flexibility index (Phi) is 5.17. The third kappa shape index (κ3) is 3.71. The minimum atomic E-state index is 0.0491. The number of fused-ring (bicyclic) bond motifs is 1. The fourth-order valence-corrected chi connectivity index (χ4v) is 3.19. The molecule has 1 aromatic carbocycles. The van der Waals surface area contributed by atoms with Gasteiger partial charge in [0.15, 0.2) is 10.9 Å². The van der Waals surface area contributed by atoms with E-state index in [0.717, 1.165) is 21.9 Å². The van der Waals surface area contributed by atoms with Gasteiger partial charge >= 0.3 is 0 Å². The van der Waals surface area contributed by atoms with Gasteiger partial charge in [0, 0.05) is 12.6 Å². The molecule has 0 atom stereocenters. The zero-order valence-electron chi connectivity index (χ0n) is 13.0. The molecule has 0 radical (unpaired) electrons. The second kappa shape index (κ2) is 6.71. The van der Waals surface area contributed by atoms with Crippen LogP contribution < -0.4 is 14.8 Å². The van der Waals surface area contributed by atoms with Crippen LogP contribution in [0.1, 0.15) is 34.6 Å². The fourth-order valence-electron chi connectivity index (χ4n) is 1.91. The summed E-state index contributed by atoms with van der Waals surface area (Å²) in [5.41, 5.74) is 0.783. The maximum absolute atomic E-state index is 6.47. The Bertz CT molecular complexity index is 626. The Labute approximate surface area is 134 Å². The fraction of sp³-hybridized carbons (Fsp3) is 0.533. The van der Waals surface area contributed by atoms with Crippen molar-refractivity contribution >= 4 is 38.3 Å². The number of nitrogens with one attached hydrogen (secondary N) is 1. The number of rotatable bonds is 6. The molecule has 4 nitrogen and oxygen atoms in total. The van der Waals surface area contributed by atoms with E-state index in [9.17, 15) is 0 Å². The molecular weight excluding hydrogens is 308 g/mol. The van der Waals surface area contributed by atoms with Gasteiger partial charge in [-0.3, -0.25) is 0 Å². The average Bonchev–Trinajstić information content (AvgIpc) is 2.79. The lowest BCUT2D eigenvalue weighted by Crippen LogP contribution is -2.08. The first kappa shape index (κ1) is 16.2. The number of hydrogen-bond acceptors (Lipinski definition) is 5. The largest absolute Gasteiger partial charge is 0.489 e. The van der Waals surface area contributed by atoms with Crippen molar-refractivity contribution in [3.63, 3.8) is 0 Å². The lowest BCUT2D eigenvalue weighted by Gasteiger charge is -2.15. The van der Waals surface area contributed by atoms with E-state index in [2.05, 4.69) is 10.3 Å². The highest BCUT2D eigenvalue weighted by atomic mass is 35.5. The molecule has 21 heavy (non-hydrogen) atoms. The second-order valence-electron chi connectivity index (χ2n) is 5.25. The van der Waals surface area contributed by atoms with Gasteiger partial charge in [-0.25, -0.2) is 4.98 Å². The molecule has 0 unspecified atom stereocenters. The van der Waals surface area contributed by atoms with Crippen LogP contribution in [0.3, 0.4) is 0 Å². The Morgan fingerprint density at radius 2 is 1.81 bits per heavy atom. The highest BCUT2D eigenvalue weighted by Crippen LogP contribution is 2.43. The molecule has 1 aromatic heterocycles. The minimum Gasteiger partial charge on any atom is -0.489 e. The Balaban J connectivity index is 2.58. The van der Waals surface area contributed by atoms with Crippen molar-refractivity contribution in [2.75, 3.05) is 11.9 Å². The van der Waals surface area contributed by atoms with Gasteiger partial charge in [0.25, 0.3) is 0 Å². The van der Waals surface area contributed by atoms with E-state index in [1.165, 1.54) is 11.3 Å². The summed E-state index contributed by atoms with van der Waals surface area (Å²) in [5.74, 6) is 1.35. The van der Waals surface area contributed by atoms with E-state index >= 15 is 0 Å². The van der Waals surface area contributed by atoms with Gasteiger partial charge in [-0.1, -0.05) is 22.9 Å². The topological polar surface area (TPSA) is 43.4 Å². The van der Waals surface area contributed by atoms with Gasteiger partial charge < -0.3 is 14.8 Å². The molecule has 0 saturated carbocycles. The number of halogens is 1. The van der Waals surface area contributed by atoms with Crippen LogP contribution in [0.2, 0.25) is 5.02 Å². The summed E-state index contributed by atoms with van der Waals surface area (Å²) in [6.45, 7) is 10.8. The highest BCUT2D eigenvalue weighted by molar-refractivity contribution is 7.22. The number of ether oxygens (including phenoxy) is 2. The number of benzene rings is 1. The molecule has 0 bridgehead atoms. The molecular formula is C15H21ClN2O2S. The van der Waals surface area contributed by atoms with Crippen molar-refractivity contribution in [3.8, 4) is 11.5 Å². The summed E-state index contributed by atoms with van der Waals surface area (Å²) in [4.78, 5) is 4.58. The van der Waals surface area contributed by atoms with Crippen LogP contribution in [0.4, 0.5) is 5.13 Å². The molecule has 1 N–H and O–H groups in total. The summed E-state index contributed by atoms with van der Waals surface area (Å²) < 4.78 is 12.6. The van der Waals surface area contributed by atoms with E-state index in [1.54, 1.807) is 0 Å². The van der Waals surface area contributed by atoms with Crippen molar-refractivity contribution in [1.29, 1.82) is 0 Å². The number of aromatic nitrogens is 1. The first-order valence-corrected chi connectivity index (χ1v) is 8.32. The third-order valence-electron chi connectivity index (χ3n) is 2.59. The van der Waals surface area contributed by atoms with Crippen molar-refractivity contribution < 1.29 is 9.47 Å². The molecule has 0 amide bonds. The highest BCUT2D eigenvalue weighted by Gasteiger charge is 2.19. The van der Waals surface area contributed by atoms with Crippen LogP contribution in [-0.4, -0.2) is 23.7 Å². The summed E-state index contributed by atoms with van der Waals surface area (Å²) in [5, 5.41) is 4.65. The molecule has 1 heterocycles. The summed E-state index contributed by atoms with van der Waals surface area (Å²) in [6, 6.07) is 1.83. The van der Waals surface area contributed by atoms with Gasteiger partial charge in [-0.2, -0.15) is 0 Å². The molecule has 0 fully saturated rings. The maximum atomic E-state index is 6.47. The summed E-state index contributed by atoms with van der Waals surface area (Å²) in [7, 11) is 0. The van der Waals surface area contributed by atoms with Crippen molar-refractivity contribution in [2.45, 2.75) is 46.8 Å². The Morgan fingerprint density at radius 1 is 1.19 bits per heavy atom. The predicted molar refractivity (Wildman–Crippen MR) is 90.3 cm³/mol. The van der Waals surface area contributed by atoms with Crippen LogP contribution in [0.25, 0.3) is 10.2 Å². The van der Waals surface area contributed by atoms with Crippen molar-refractivity contribution in [2.24, 2.45) is 0 Å². The average molecular weight is 329 g/mol. The monoisotopic (exact) mass is 328 g/mol. The summed E-state index contributed by atoms with van der Waals surface area (Å²) >= 11 is 7.99. The third-order valence-corrected chi connectivity index (χ3v) is 4.11. The van der Waals surface area contributed by atoms with E-state index in [-0.39, 0.29) is 12.2 Å². The Morgan fingerprint density at radius 3 is 2.38 bits per heavy atom. The molecule has 0 saturated heterocycles. The van der Waals surface area contributed by atoms with Crippen molar-refractivity contribution in [3.05, 3.63) is 11.1 Å². The smallest absolute Gasteiger partial charge is 0.183 e. The lowest BCUT2D eigenvalue weighted by atomic mass is 10.2. The number of thiazole rings is 1. The maximum Gasteiger partial charge on any atom is 0.183 e. The van der Waals surface area contributed by atoms with Crippen molar-refractivity contribution in [1.82, 2.24) is 4.98 Å². The second-order valence-corrected chi connectivity index (χ2v) is 6.62. The molecule has 0 aliphatic carbocycles. The SMILES string of the molecule is CCNc1nc2c(OC(C)C)cc(OC(C)C)c(Cl)c2s1. The zero-order valence-corrected chi connectivity index (χ0v) is 14.6. The zero-order chi connectivity index (χ0) is 15.6. The molecule has 0 spiro atoms. The van der Waals surface area contributed by atoms with Crippen LogP contribution >= 0.6 is 22.9 Å². The van der Waals surface area contributed by atoms with E-state index < -0.39 is 0 Å². The van der Waals surface area contributed by atoms with Crippen LogP contribution in [0.15, 0.2) is 6.07 Å². The molecule has 0 aliphatic rings. The first-order valence-electron chi connectivity index (χ1n) is 7.12. The predicted octanol–water partition coefficient (Wildman–Crippen LogP) is 4.96. The van der Waals surface area contributed by atoms with Crippen LogP contribution in [0, 0.1) is 0 Å². The van der Waals surface area contributed by atoms with E-state index in [0.29, 0.717) is 16.5 Å². The van der Waals surface area contributed by atoms with Gasteiger partial charge in [0.1, 0.15) is 16.3 Å². The van der Waals surface area contributed by atoms with E-state index in [1.807, 2.05) is 40.7 Å². The molecule has 0 aliphatic heterocycles.